The molecule has 1 aromatic rings. The largest absolute Gasteiger partial charge is 0.500 e. The van der Waals surface area contributed by atoms with Crippen LogP contribution in [0.2, 0.25) is 0 Å². The van der Waals surface area contributed by atoms with Crippen LogP contribution in [-0.2, 0) is 21.4 Å². The Kier molecular flexibility index (Phi) is 5.71. The molecule has 0 aromatic heterocycles. The fourth-order valence-corrected chi connectivity index (χ4v) is 4.51. The molecule has 1 heterocycles. The molecule has 4 heteroatoms. The third kappa shape index (κ3) is 3.16. The number of carbonyl (C=O) groups excluding carboxylic acids is 1. The topological polar surface area (TPSA) is 49.8 Å². The van der Waals surface area contributed by atoms with Crippen molar-refractivity contribution in [1.82, 2.24) is 4.90 Å². The lowest BCUT2D eigenvalue weighted by atomic mass is 9.68. The molecule has 1 saturated heterocycles. The molecule has 142 valence electrons. The van der Waals surface area contributed by atoms with Gasteiger partial charge in [0, 0.05) is 6.54 Å². The van der Waals surface area contributed by atoms with Crippen molar-refractivity contribution in [3.63, 3.8) is 0 Å². The summed E-state index contributed by atoms with van der Waals surface area (Å²) in [5, 5.41) is 9.76. The van der Waals surface area contributed by atoms with Crippen molar-refractivity contribution in [2.75, 3.05) is 20.3 Å². The summed E-state index contributed by atoms with van der Waals surface area (Å²) in [4.78, 5) is 15.8. The first-order valence-corrected chi connectivity index (χ1v) is 9.79. The predicted octanol–water partition coefficient (Wildman–Crippen LogP) is 3.43. The highest BCUT2D eigenvalue weighted by molar-refractivity contribution is 5.93. The molecule has 0 spiro atoms. The van der Waals surface area contributed by atoms with Gasteiger partial charge in [-0.25, -0.2) is 0 Å². The minimum absolute atomic E-state index is 0.0275. The minimum Gasteiger partial charge on any atom is -0.500 e. The van der Waals surface area contributed by atoms with Crippen LogP contribution in [-0.4, -0.2) is 42.2 Å². The van der Waals surface area contributed by atoms with E-state index in [1.54, 1.807) is 7.11 Å². The number of likely N-dealkylation sites (tertiary alicyclic amines) is 1. The van der Waals surface area contributed by atoms with Crippen molar-refractivity contribution in [2.45, 2.75) is 57.4 Å². The van der Waals surface area contributed by atoms with Gasteiger partial charge in [-0.3, -0.25) is 4.79 Å². The smallest absolute Gasteiger partial charge is 0.241 e. The van der Waals surface area contributed by atoms with Crippen molar-refractivity contribution in [3.05, 3.63) is 47.2 Å². The predicted molar refractivity (Wildman–Crippen MR) is 103 cm³/mol. The Morgan fingerprint density at radius 1 is 1.38 bits per heavy atom. The average Bonchev–Trinajstić information content (AvgIpc) is 3.13. The van der Waals surface area contributed by atoms with Crippen molar-refractivity contribution < 1.29 is 14.6 Å². The highest BCUT2D eigenvalue weighted by Crippen LogP contribution is 2.45. The molecule has 0 unspecified atom stereocenters. The van der Waals surface area contributed by atoms with Crippen molar-refractivity contribution in [1.29, 1.82) is 0 Å². The van der Waals surface area contributed by atoms with Gasteiger partial charge in [0.1, 0.15) is 11.2 Å². The molecule has 4 nitrogen and oxygen atoms in total. The quantitative estimate of drug-likeness (QED) is 0.849. The van der Waals surface area contributed by atoms with E-state index in [9.17, 15) is 9.90 Å². The standard InChI is InChI=1S/C22H31NO3/c1-16(2)12-13-22(21(25)23-14-6-8-18(23)15-24)19-9-5-4-7-17(19)10-11-20(22)26-3/h4-5,7,9,11,16,18,24H,6,8,10,12-15H2,1-3H3/t18-,22+/m1/s1. The zero-order chi connectivity index (χ0) is 18.7. The van der Waals surface area contributed by atoms with E-state index in [2.05, 4.69) is 32.1 Å². The van der Waals surface area contributed by atoms with Crippen LogP contribution in [0.4, 0.5) is 0 Å². The molecule has 0 saturated carbocycles. The lowest BCUT2D eigenvalue weighted by molar-refractivity contribution is -0.139. The summed E-state index contributed by atoms with van der Waals surface area (Å²) in [7, 11) is 1.67. The van der Waals surface area contributed by atoms with Gasteiger partial charge in [0.15, 0.2) is 0 Å². The molecule has 2 aliphatic rings. The second-order valence-electron chi connectivity index (χ2n) is 7.95. The number of nitrogens with zero attached hydrogens (tertiary/aromatic N) is 1. The van der Waals surface area contributed by atoms with Crippen LogP contribution < -0.4 is 0 Å². The molecule has 3 rings (SSSR count). The number of aliphatic hydroxyl groups excluding tert-OH is 1. The van der Waals surface area contributed by atoms with Crippen LogP contribution in [0.15, 0.2) is 36.1 Å². The van der Waals surface area contributed by atoms with E-state index < -0.39 is 5.41 Å². The zero-order valence-electron chi connectivity index (χ0n) is 16.2. The maximum atomic E-state index is 13.9. The SMILES string of the molecule is COC1=CCc2ccccc2[C@]1(CCC(C)C)C(=O)N1CCC[C@@H]1CO. The molecule has 1 N–H and O–H groups in total. The van der Waals surface area contributed by atoms with E-state index in [4.69, 9.17) is 4.74 Å². The van der Waals surface area contributed by atoms with Gasteiger partial charge in [0.2, 0.25) is 5.91 Å². The summed E-state index contributed by atoms with van der Waals surface area (Å²) in [6, 6.07) is 8.18. The van der Waals surface area contributed by atoms with Gasteiger partial charge in [0.25, 0.3) is 0 Å². The molecule has 2 atom stereocenters. The molecule has 1 amide bonds. The van der Waals surface area contributed by atoms with Gasteiger partial charge < -0.3 is 14.7 Å². The highest BCUT2D eigenvalue weighted by atomic mass is 16.5. The van der Waals surface area contributed by atoms with Crippen LogP contribution in [0, 0.1) is 5.92 Å². The summed E-state index contributed by atoms with van der Waals surface area (Å²) in [6.07, 6.45) is 6.36. The Hall–Kier alpha value is -1.81. The Balaban J connectivity index is 2.11. The lowest BCUT2D eigenvalue weighted by Gasteiger charge is -2.42. The first kappa shape index (κ1) is 19.0. The number of benzene rings is 1. The van der Waals surface area contributed by atoms with Crippen molar-refractivity contribution >= 4 is 5.91 Å². The molecule has 1 aromatic carbocycles. The van der Waals surface area contributed by atoms with E-state index in [-0.39, 0.29) is 18.6 Å². The van der Waals surface area contributed by atoms with Crippen LogP contribution in [0.1, 0.15) is 50.7 Å². The number of carbonyl (C=O) groups is 1. The molecular weight excluding hydrogens is 326 g/mol. The Morgan fingerprint density at radius 2 is 2.15 bits per heavy atom. The summed E-state index contributed by atoms with van der Waals surface area (Å²) in [5.41, 5.74) is 1.50. The van der Waals surface area contributed by atoms with E-state index in [1.807, 2.05) is 17.0 Å². The first-order valence-electron chi connectivity index (χ1n) is 9.79. The fraction of sp³-hybridized carbons (Fsp3) is 0.591. The second-order valence-corrected chi connectivity index (χ2v) is 7.95. The molecule has 0 bridgehead atoms. The number of fused-ring (bicyclic) bond motifs is 1. The summed E-state index contributed by atoms with van der Waals surface area (Å²) >= 11 is 0. The number of allylic oxidation sites excluding steroid dienone is 1. The number of methoxy groups -OCH3 is 1. The van der Waals surface area contributed by atoms with Gasteiger partial charge in [-0.1, -0.05) is 38.1 Å². The van der Waals surface area contributed by atoms with Crippen LogP contribution in [0.5, 0.6) is 0 Å². The number of aliphatic hydroxyl groups is 1. The van der Waals surface area contributed by atoms with Gasteiger partial charge in [-0.2, -0.15) is 0 Å². The summed E-state index contributed by atoms with van der Waals surface area (Å²) < 4.78 is 5.80. The maximum absolute atomic E-state index is 13.9. The fourth-order valence-electron chi connectivity index (χ4n) is 4.51. The first-order chi connectivity index (χ1) is 12.5. The molecule has 1 fully saturated rings. The van der Waals surface area contributed by atoms with E-state index in [0.29, 0.717) is 12.5 Å². The van der Waals surface area contributed by atoms with Gasteiger partial charge >= 0.3 is 0 Å². The van der Waals surface area contributed by atoms with E-state index >= 15 is 0 Å². The molecule has 26 heavy (non-hydrogen) atoms. The third-order valence-electron chi connectivity index (χ3n) is 5.94. The summed E-state index contributed by atoms with van der Waals surface area (Å²) in [6.45, 7) is 5.12. The maximum Gasteiger partial charge on any atom is 0.241 e. The average molecular weight is 357 g/mol. The molecule has 0 radical (unpaired) electrons. The number of ether oxygens (including phenoxy) is 1. The van der Waals surface area contributed by atoms with Crippen molar-refractivity contribution in [3.8, 4) is 0 Å². The number of hydrogen-bond acceptors (Lipinski definition) is 3. The second kappa shape index (κ2) is 7.83. The Morgan fingerprint density at radius 3 is 2.85 bits per heavy atom. The third-order valence-corrected chi connectivity index (χ3v) is 5.94. The number of hydrogen-bond donors (Lipinski definition) is 1. The van der Waals surface area contributed by atoms with Gasteiger partial charge in [0.05, 0.1) is 19.8 Å². The van der Waals surface area contributed by atoms with Crippen LogP contribution in [0.3, 0.4) is 0 Å². The Labute approximate surface area is 156 Å². The molecular formula is C22H31NO3. The van der Waals surface area contributed by atoms with E-state index in [0.717, 1.165) is 43.4 Å². The minimum atomic E-state index is -0.772. The van der Waals surface area contributed by atoms with Crippen LogP contribution in [0.25, 0.3) is 0 Å². The Bertz CT molecular complexity index is 682. The number of rotatable bonds is 6. The summed E-state index contributed by atoms with van der Waals surface area (Å²) in [5.74, 6) is 1.36. The van der Waals surface area contributed by atoms with E-state index in [1.165, 1.54) is 5.56 Å². The zero-order valence-corrected chi connectivity index (χ0v) is 16.2. The molecule has 1 aliphatic heterocycles. The van der Waals surface area contributed by atoms with Crippen molar-refractivity contribution in [2.24, 2.45) is 5.92 Å². The normalized spacial score (nSPS) is 25.2. The lowest BCUT2D eigenvalue weighted by Crippen LogP contribution is -2.52. The highest BCUT2D eigenvalue weighted by Gasteiger charge is 2.51. The van der Waals surface area contributed by atoms with Gasteiger partial charge in [-0.15, -0.1) is 0 Å². The number of amides is 1. The monoisotopic (exact) mass is 357 g/mol. The van der Waals surface area contributed by atoms with Crippen LogP contribution >= 0.6 is 0 Å². The van der Waals surface area contributed by atoms with Gasteiger partial charge in [-0.05, 0) is 55.2 Å². The molecule has 1 aliphatic carbocycles.